The van der Waals surface area contributed by atoms with Gasteiger partial charge in [0, 0.05) is 70.4 Å². The van der Waals surface area contributed by atoms with Crippen LogP contribution in [0, 0.1) is 0 Å². The summed E-state index contributed by atoms with van der Waals surface area (Å²) in [5.41, 5.74) is 1.75. The topological polar surface area (TPSA) is 73.8 Å². The van der Waals surface area contributed by atoms with Gasteiger partial charge in [-0.1, -0.05) is 18.2 Å². The summed E-state index contributed by atoms with van der Waals surface area (Å²) in [5, 5.41) is 2.95. The number of hydrogen-bond acceptors (Lipinski definition) is 7. The van der Waals surface area contributed by atoms with E-state index < -0.39 is 0 Å². The lowest BCUT2D eigenvalue weighted by molar-refractivity contribution is 0.0383. The third-order valence-corrected chi connectivity index (χ3v) is 5.40. The summed E-state index contributed by atoms with van der Waals surface area (Å²) >= 11 is 0. The van der Waals surface area contributed by atoms with Crippen LogP contribution in [-0.2, 0) is 4.74 Å². The van der Waals surface area contributed by atoms with E-state index in [0.29, 0.717) is 18.1 Å². The van der Waals surface area contributed by atoms with E-state index in [0.717, 1.165) is 59.0 Å². The second-order valence-electron chi connectivity index (χ2n) is 7.29. The van der Waals surface area contributed by atoms with Crippen LogP contribution < -0.4 is 15.1 Å². The van der Waals surface area contributed by atoms with Crippen LogP contribution in [0.4, 0.5) is 11.6 Å². The number of nitrogens with one attached hydrogen (secondary N) is 1. The summed E-state index contributed by atoms with van der Waals surface area (Å²) in [5.74, 6) is 0.557. The fourth-order valence-electron chi connectivity index (χ4n) is 3.66. The van der Waals surface area contributed by atoms with Gasteiger partial charge in [-0.15, -0.1) is 0 Å². The van der Waals surface area contributed by atoms with Gasteiger partial charge in [0.25, 0.3) is 5.91 Å². The number of nitrogens with zero attached hydrogens (tertiary/aromatic N) is 5. The largest absolute Gasteiger partial charge is 0.379 e. The third kappa shape index (κ3) is 5.21. The summed E-state index contributed by atoms with van der Waals surface area (Å²) in [6.45, 7) is 8.40. The quantitative estimate of drug-likeness (QED) is 0.777. The molecule has 4 rings (SSSR count). The van der Waals surface area contributed by atoms with Gasteiger partial charge in [-0.2, -0.15) is 0 Å². The van der Waals surface area contributed by atoms with Crippen LogP contribution in [0.3, 0.4) is 0 Å². The van der Waals surface area contributed by atoms with Crippen molar-refractivity contribution in [1.82, 2.24) is 20.2 Å². The molecule has 0 radical (unpaired) electrons. The van der Waals surface area contributed by atoms with Gasteiger partial charge in [0.15, 0.2) is 0 Å². The molecule has 2 aliphatic heterocycles. The molecule has 154 valence electrons. The lowest BCUT2D eigenvalue weighted by Crippen LogP contribution is -2.47. The molecule has 1 aromatic heterocycles. The predicted molar refractivity (Wildman–Crippen MR) is 112 cm³/mol. The van der Waals surface area contributed by atoms with E-state index in [1.165, 1.54) is 5.69 Å². The van der Waals surface area contributed by atoms with Crippen molar-refractivity contribution in [1.29, 1.82) is 0 Å². The Labute approximate surface area is 171 Å². The molecule has 0 unspecified atom stereocenters. The molecule has 2 aliphatic rings. The average Bonchev–Trinajstić information content (AvgIpc) is 2.80. The minimum Gasteiger partial charge on any atom is -0.379 e. The summed E-state index contributed by atoms with van der Waals surface area (Å²) in [4.78, 5) is 28.0. The Kier molecular flexibility index (Phi) is 6.53. The average molecular weight is 396 g/mol. The Balaban J connectivity index is 1.24. The lowest BCUT2D eigenvalue weighted by atomic mass is 10.2. The van der Waals surface area contributed by atoms with E-state index >= 15 is 0 Å². The molecule has 2 fully saturated rings. The second kappa shape index (κ2) is 9.67. The molecule has 0 saturated carbocycles. The molecule has 1 amide bonds. The normalized spacial score (nSPS) is 17.9. The number of para-hydroxylation sites is 1. The fraction of sp³-hybridized carbons (Fsp3) is 0.476. The number of carbonyl (C=O) groups is 1. The van der Waals surface area contributed by atoms with Gasteiger partial charge in [0.1, 0.15) is 0 Å². The Morgan fingerprint density at radius 2 is 1.59 bits per heavy atom. The minimum atomic E-state index is -0.126. The Morgan fingerprint density at radius 3 is 2.28 bits per heavy atom. The maximum atomic E-state index is 12.3. The number of carbonyl (C=O) groups excluding carboxylic acids is 1. The minimum absolute atomic E-state index is 0.126. The first-order valence-electron chi connectivity index (χ1n) is 10.2. The van der Waals surface area contributed by atoms with Crippen LogP contribution in [0.1, 0.15) is 10.4 Å². The number of ether oxygens (including phenoxy) is 1. The molecular formula is C21H28N6O2. The van der Waals surface area contributed by atoms with Crippen LogP contribution in [0.15, 0.2) is 42.7 Å². The zero-order chi connectivity index (χ0) is 19.9. The zero-order valence-electron chi connectivity index (χ0n) is 16.7. The molecule has 0 bridgehead atoms. The highest BCUT2D eigenvalue weighted by Gasteiger charge is 2.19. The second-order valence-corrected chi connectivity index (χ2v) is 7.29. The molecule has 29 heavy (non-hydrogen) atoms. The summed E-state index contributed by atoms with van der Waals surface area (Å²) in [6.07, 6.45) is 3.24. The van der Waals surface area contributed by atoms with Crippen LogP contribution in [0.5, 0.6) is 0 Å². The molecule has 1 N–H and O–H groups in total. The summed E-state index contributed by atoms with van der Waals surface area (Å²) in [6, 6.07) is 10.4. The van der Waals surface area contributed by atoms with E-state index in [4.69, 9.17) is 4.74 Å². The van der Waals surface area contributed by atoms with Gasteiger partial charge in [-0.3, -0.25) is 9.69 Å². The number of amides is 1. The predicted octanol–water partition coefficient (Wildman–Crippen LogP) is 0.865. The molecule has 8 nitrogen and oxygen atoms in total. The molecule has 8 heteroatoms. The molecule has 0 aliphatic carbocycles. The van der Waals surface area contributed by atoms with Crippen LogP contribution >= 0.6 is 0 Å². The molecule has 0 atom stereocenters. The number of piperazine rings is 1. The third-order valence-electron chi connectivity index (χ3n) is 5.40. The maximum Gasteiger partial charge on any atom is 0.254 e. The molecule has 0 spiro atoms. The van der Waals surface area contributed by atoms with Gasteiger partial charge in [-0.05, 0) is 12.1 Å². The smallest absolute Gasteiger partial charge is 0.254 e. The molecular weight excluding hydrogens is 368 g/mol. The van der Waals surface area contributed by atoms with Crippen molar-refractivity contribution in [2.45, 2.75) is 0 Å². The van der Waals surface area contributed by atoms with Crippen molar-refractivity contribution in [3.63, 3.8) is 0 Å². The zero-order valence-corrected chi connectivity index (χ0v) is 16.7. The van der Waals surface area contributed by atoms with E-state index in [1.807, 2.05) is 6.07 Å². The number of benzene rings is 1. The van der Waals surface area contributed by atoms with Crippen molar-refractivity contribution in [2.24, 2.45) is 0 Å². The van der Waals surface area contributed by atoms with Crippen molar-refractivity contribution in [3.05, 3.63) is 48.3 Å². The maximum absolute atomic E-state index is 12.3. The molecule has 1 aromatic carbocycles. The number of anilines is 2. The van der Waals surface area contributed by atoms with Crippen molar-refractivity contribution < 1.29 is 9.53 Å². The van der Waals surface area contributed by atoms with Crippen LogP contribution in [0.2, 0.25) is 0 Å². The standard InChI is InChI=1S/C21H28N6O2/c28-20(22-6-7-25-12-14-29-15-13-25)18-16-23-21(24-17-18)27-10-8-26(9-11-27)19-4-2-1-3-5-19/h1-5,16-17H,6-15H2,(H,22,28). The number of morpholine rings is 1. The van der Waals surface area contributed by atoms with E-state index in [9.17, 15) is 4.79 Å². The van der Waals surface area contributed by atoms with E-state index in [1.54, 1.807) is 12.4 Å². The van der Waals surface area contributed by atoms with Gasteiger partial charge in [0.2, 0.25) is 5.95 Å². The first-order valence-corrected chi connectivity index (χ1v) is 10.2. The van der Waals surface area contributed by atoms with E-state index in [-0.39, 0.29) is 5.91 Å². The van der Waals surface area contributed by atoms with Crippen LogP contribution in [-0.4, -0.2) is 86.3 Å². The lowest BCUT2D eigenvalue weighted by Gasteiger charge is -2.36. The highest BCUT2D eigenvalue weighted by Crippen LogP contribution is 2.17. The highest BCUT2D eigenvalue weighted by atomic mass is 16.5. The monoisotopic (exact) mass is 396 g/mol. The molecule has 3 heterocycles. The molecule has 2 aromatic rings. The highest BCUT2D eigenvalue weighted by molar-refractivity contribution is 5.93. The van der Waals surface area contributed by atoms with E-state index in [2.05, 4.69) is 54.2 Å². The number of hydrogen-bond donors (Lipinski definition) is 1. The molecule has 2 saturated heterocycles. The first kappa shape index (κ1) is 19.6. The van der Waals surface area contributed by atoms with Gasteiger partial charge in [0.05, 0.1) is 18.8 Å². The number of rotatable bonds is 6. The summed E-state index contributed by atoms with van der Waals surface area (Å²) < 4.78 is 5.33. The van der Waals surface area contributed by atoms with Crippen LogP contribution in [0.25, 0.3) is 0 Å². The van der Waals surface area contributed by atoms with Gasteiger partial charge >= 0.3 is 0 Å². The Hall–Kier alpha value is -2.71. The Bertz CT molecular complexity index is 772. The van der Waals surface area contributed by atoms with Crippen molar-refractivity contribution >= 4 is 17.5 Å². The van der Waals surface area contributed by atoms with Gasteiger partial charge in [-0.25, -0.2) is 9.97 Å². The fourth-order valence-corrected chi connectivity index (χ4v) is 3.66. The van der Waals surface area contributed by atoms with Gasteiger partial charge < -0.3 is 19.9 Å². The van der Waals surface area contributed by atoms with Crippen molar-refractivity contribution in [3.8, 4) is 0 Å². The summed E-state index contributed by atoms with van der Waals surface area (Å²) in [7, 11) is 0. The SMILES string of the molecule is O=C(NCCN1CCOCC1)c1cnc(N2CCN(c3ccccc3)CC2)nc1. The van der Waals surface area contributed by atoms with Crippen molar-refractivity contribution in [2.75, 3.05) is 75.4 Å². The first-order chi connectivity index (χ1) is 14.3. The number of aromatic nitrogens is 2. The Morgan fingerprint density at radius 1 is 0.931 bits per heavy atom.